The number of amides is 1. The molecule has 0 atom stereocenters. The molecule has 2 aromatic carbocycles. The number of carbonyl (C=O) groups excluding carboxylic acids is 1. The molecule has 2 fully saturated rings. The van der Waals surface area contributed by atoms with Crippen LogP contribution in [-0.4, -0.2) is 85.8 Å². The van der Waals surface area contributed by atoms with E-state index < -0.39 is 5.97 Å². The fourth-order valence-electron chi connectivity index (χ4n) is 4.81. The van der Waals surface area contributed by atoms with E-state index in [9.17, 15) is 14.7 Å². The highest BCUT2D eigenvalue weighted by molar-refractivity contribution is 7.99. The standard InChI is InChI=1S/C29H35Cl2N3O4S/c1-2-38-19-18-32-14-16-34(17-15-32)26(35)9-7-21-6-8-25(28(31)27(21)30)39-24-5-3-4-23(20-24)33-12-10-22(11-13-33)29(36)37/h3-9,20,22H,2,10-19H2,1H3,(H,36,37)/b9-7+. The second-order valence-electron chi connectivity index (χ2n) is 9.68. The molecule has 1 amide bonds. The van der Waals surface area contributed by atoms with Crippen molar-refractivity contribution in [2.75, 3.05) is 63.9 Å². The summed E-state index contributed by atoms with van der Waals surface area (Å²) >= 11 is 14.8. The van der Waals surface area contributed by atoms with Gasteiger partial charge in [-0.2, -0.15) is 0 Å². The van der Waals surface area contributed by atoms with Crippen molar-refractivity contribution < 1.29 is 19.4 Å². The van der Waals surface area contributed by atoms with Crippen LogP contribution in [0.2, 0.25) is 10.0 Å². The first-order valence-electron chi connectivity index (χ1n) is 13.4. The van der Waals surface area contributed by atoms with E-state index in [1.807, 2.05) is 42.2 Å². The van der Waals surface area contributed by atoms with Crippen LogP contribution in [0.1, 0.15) is 25.3 Å². The Balaban J connectivity index is 1.34. The number of carbonyl (C=O) groups is 2. The van der Waals surface area contributed by atoms with Crippen LogP contribution in [0.5, 0.6) is 0 Å². The Morgan fingerprint density at radius 2 is 1.79 bits per heavy atom. The fourth-order valence-corrected chi connectivity index (χ4v) is 6.29. The number of hydrogen-bond donors (Lipinski definition) is 1. The second kappa shape index (κ2) is 14.4. The fraction of sp³-hybridized carbons (Fsp3) is 0.448. The molecule has 0 aliphatic carbocycles. The molecule has 2 aliphatic rings. The molecule has 2 aliphatic heterocycles. The average Bonchev–Trinajstić information content (AvgIpc) is 2.95. The lowest BCUT2D eigenvalue weighted by molar-refractivity contribution is -0.142. The van der Waals surface area contributed by atoms with Crippen LogP contribution in [-0.2, 0) is 14.3 Å². The number of piperazine rings is 1. The molecule has 2 aromatic rings. The van der Waals surface area contributed by atoms with E-state index in [1.165, 1.54) is 11.8 Å². The zero-order chi connectivity index (χ0) is 27.8. The minimum atomic E-state index is -0.708. The van der Waals surface area contributed by atoms with Gasteiger partial charge in [0.1, 0.15) is 0 Å². The molecule has 0 radical (unpaired) electrons. The molecule has 0 aromatic heterocycles. The smallest absolute Gasteiger partial charge is 0.306 e. The van der Waals surface area contributed by atoms with Crippen molar-refractivity contribution in [2.45, 2.75) is 29.6 Å². The summed E-state index contributed by atoms with van der Waals surface area (Å²) in [6, 6.07) is 12.0. The summed E-state index contributed by atoms with van der Waals surface area (Å²) in [6.45, 7) is 8.83. The van der Waals surface area contributed by atoms with E-state index in [4.69, 9.17) is 27.9 Å². The van der Waals surface area contributed by atoms with Gasteiger partial charge in [-0.3, -0.25) is 14.5 Å². The molecule has 0 saturated carbocycles. The van der Waals surface area contributed by atoms with Gasteiger partial charge >= 0.3 is 5.97 Å². The number of nitrogens with zero attached hydrogens (tertiary/aromatic N) is 3. The van der Waals surface area contributed by atoms with E-state index in [-0.39, 0.29) is 11.8 Å². The van der Waals surface area contributed by atoms with Gasteiger partial charge < -0.3 is 19.6 Å². The van der Waals surface area contributed by atoms with Gasteiger partial charge in [-0.25, -0.2) is 0 Å². The van der Waals surface area contributed by atoms with E-state index >= 15 is 0 Å². The molecule has 10 heteroatoms. The molecule has 1 N–H and O–H groups in total. The predicted octanol–water partition coefficient (Wildman–Crippen LogP) is 5.64. The summed E-state index contributed by atoms with van der Waals surface area (Å²) in [5.74, 6) is -1.00. The van der Waals surface area contributed by atoms with Crippen molar-refractivity contribution in [1.82, 2.24) is 9.80 Å². The van der Waals surface area contributed by atoms with Gasteiger partial charge in [-0.15, -0.1) is 0 Å². The number of rotatable bonds is 10. The zero-order valence-corrected chi connectivity index (χ0v) is 24.5. The van der Waals surface area contributed by atoms with E-state index in [1.54, 1.807) is 12.2 Å². The Morgan fingerprint density at radius 1 is 1.05 bits per heavy atom. The summed E-state index contributed by atoms with van der Waals surface area (Å²) in [5, 5.41) is 10.1. The molecular weight excluding hydrogens is 557 g/mol. The Kier molecular flexibility index (Phi) is 11.0. The van der Waals surface area contributed by atoms with Gasteiger partial charge in [0.15, 0.2) is 0 Å². The summed E-state index contributed by atoms with van der Waals surface area (Å²) < 4.78 is 5.42. The van der Waals surface area contributed by atoms with Crippen molar-refractivity contribution in [1.29, 1.82) is 0 Å². The summed E-state index contributed by atoms with van der Waals surface area (Å²) in [5.41, 5.74) is 1.77. The lowest BCUT2D eigenvalue weighted by Gasteiger charge is -2.34. The predicted molar refractivity (Wildman–Crippen MR) is 158 cm³/mol. The number of carboxylic acid groups (broad SMARTS) is 1. The average molecular weight is 593 g/mol. The number of piperidine rings is 1. The maximum absolute atomic E-state index is 12.7. The minimum Gasteiger partial charge on any atom is -0.481 e. The van der Waals surface area contributed by atoms with Crippen LogP contribution < -0.4 is 4.90 Å². The van der Waals surface area contributed by atoms with E-state index in [0.29, 0.717) is 41.5 Å². The molecule has 4 rings (SSSR count). The molecule has 2 saturated heterocycles. The van der Waals surface area contributed by atoms with Gasteiger partial charge in [-0.1, -0.05) is 47.1 Å². The molecule has 39 heavy (non-hydrogen) atoms. The van der Waals surface area contributed by atoms with E-state index in [2.05, 4.69) is 15.9 Å². The Hall–Kier alpha value is -2.23. The van der Waals surface area contributed by atoms with Gasteiger partial charge in [-0.05, 0) is 55.7 Å². The number of hydrogen-bond acceptors (Lipinski definition) is 6. The normalized spacial score (nSPS) is 17.2. The molecule has 0 unspecified atom stereocenters. The van der Waals surface area contributed by atoms with Crippen LogP contribution in [0.3, 0.4) is 0 Å². The molecule has 2 heterocycles. The van der Waals surface area contributed by atoms with Crippen LogP contribution in [0, 0.1) is 5.92 Å². The van der Waals surface area contributed by atoms with Gasteiger partial charge in [0.05, 0.1) is 22.6 Å². The van der Waals surface area contributed by atoms with Crippen LogP contribution >= 0.6 is 35.0 Å². The third kappa shape index (κ3) is 8.14. The maximum Gasteiger partial charge on any atom is 0.306 e. The van der Waals surface area contributed by atoms with Crippen LogP contribution in [0.25, 0.3) is 6.08 Å². The summed E-state index contributed by atoms with van der Waals surface area (Å²) in [7, 11) is 0. The SMILES string of the molecule is CCOCCN1CCN(C(=O)/C=C/c2ccc(Sc3cccc(N4CCC(C(=O)O)CC4)c3)c(Cl)c2Cl)CC1. The third-order valence-corrected chi connectivity index (χ3v) is 9.24. The van der Waals surface area contributed by atoms with Gasteiger partial charge in [0, 0.05) is 74.0 Å². The lowest BCUT2D eigenvalue weighted by atomic mass is 9.97. The number of anilines is 1. The quantitative estimate of drug-likeness (QED) is 0.283. The number of ether oxygens (including phenoxy) is 1. The Labute approximate surface area is 244 Å². The first kappa shape index (κ1) is 29.7. The molecule has 210 valence electrons. The number of aliphatic carboxylic acids is 1. The van der Waals surface area contributed by atoms with Crippen molar-refractivity contribution in [3.05, 3.63) is 58.1 Å². The topological polar surface area (TPSA) is 73.3 Å². The first-order chi connectivity index (χ1) is 18.9. The number of carboxylic acids is 1. The highest BCUT2D eigenvalue weighted by Gasteiger charge is 2.25. The molecule has 7 nitrogen and oxygen atoms in total. The third-order valence-electron chi connectivity index (χ3n) is 7.18. The lowest BCUT2D eigenvalue weighted by Crippen LogP contribution is -2.49. The Morgan fingerprint density at radius 3 is 2.49 bits per heavy atom. The summed E-state index contributed by atoms with van der Waals surface area (Å²) in [4.78, 5) is 32.2. The minimum absolute atomic E-state index is 0.0331. The van der Waals surface area contributed by atoms with Crippen molar-refractivity contribution in [3.8, 4) is 0 Å². The highest BCUT2D eigenvalue weighted by Crippen LogP contribution is 2.40. The zero-order valence-electron chi connectivity index (χ0n) is 22.2. The number of halogens is 2. The van der Waals surface area contributed by atoms with Crippen molar-refractivity contribution >= 4 is 58.6 Å². The molecule has 0 bridgehead atoms. The molecular formula is C29H35Cl2N3O4S. The highest BCUT2D eigenvalue weighted by atomic mass is 35.5. The monoisotopic (exact) mass is 591 g/mol. The van der Waals surface area contributed by atoms with Crippen LogP contribution in [0.4, 0.5) is 5.69 Å². The number of benzene rings is 2. The Bertz CT molecular complexity index is 1180. The van der Waals surface area contributed by atoms with E-state index in [0.717, 1.165) is 61.4 Å². The van der Waals surface area contributed by atoms with Gasteiger partial charge in [0.25, 0.3) is 0 Å². The first-order valence-corrected chi connectivity index (χ1v) is 14.9. The second-order valence-corrected chi connectivity index (χ2v) is 11.5. The van der Waals surface area contributed by atoms with Crippen molar-refractivity contribution in [3.63, 3.8) is 0 Å². The van der Waals surface area contributed by atoms with Crippen LogP contribution in [0.15, 0.2) is 52.3 Å². The molecule has 0 spiro atoms. The largest absolute Gasteiger partial charge is 0.481 e. The van der Waals surface area contributed by atoms with Crippen molar-refractivity contribution in [2.24, 2.45) is 5.92 Å². The van der Waals surface area contributed by atoms with Gasteiger partial charge in [0.2, 0.25) is 5.91 Å². The summed E-state index contributed by atoms with van der Waals surface area (Å²) in [6.07, 6.45) is 4.59. The maximum atomic E-state index is 12.7.